The summed E-state index contributed by atoms with van der Waals surface area (Å²) in [4.78, 5) is 25.7. The zero-order valence-electron chi connectivity index (χ0n) is 14.7. The summed E-state index contributed by atoms with van der Waals surface area (Å²) >= 11 is 0. The third kappa shape index (κ3) is 3.44. The fourth-order valence-electron chi connectivity index (χ4n) is 3.38. The largest absolute Gasteiger partial charge is 0.449 e. The van der Waals surface area contributed by atoms with Gasteiger partial charge in [-0.25, -0.2) is 4.79 Å². The van der Waals surface area contributed by atoms with Gasteiger partial charge in [-0.3, -0.25) is 4.79 Å². The molecule has 0 aromatic heterocycles. The van der Waals surface area contributed by atoms with Crippen LogP contribution in [0.5, 0.6) is 0 Å². The molecule has 0 spiro atoms. The maximum absolute atomic E-state index is 13.0. The lowest BCUT2D eigenvalue weighted by molar-refractivity contribution is -0.140. The van der Waals surface area contributed by atoms with E-state index >= 15 is 0 Å². The summed E-state index contributed by atoms with van der Waals surface area (Å²) in [5.41, 5.74) is 3.35. The van der Waals surface area contributed by atoms with Gasteiger partial charge in [-0.1, -0.05) is 91.0 Å². The van der Waals surface area contributed by atoms with Crippen molar-refractivity contribution in [3.8, 4) is 0 Å². The fraction of sp³-hybridized carbons (Fsp3) is 0.0833. The second kappa shape index (κ2) is 7.42. The van der Waals surface area contributed by atoms with Gasteiger partial charge in [-0.05, 0) is 16.7 Å². The number of carbonyl (C=O) groups excluding carboxylic acids is 2. The Morgan fingerprint density at radius 1 is 0.778 bits per heavy atom. The first-order valence-electron chi connectivity index (χ1n) is 8.86. The molecule has 3 heteroatoms. The average Bonchev–Trinajstić information content (AvgIpc) is 3.07. The van der Waals surface area contributed by atoms with Crippen LogP contribution in [0.4, 0.5) is 0 Å². The Hall–Kier alpha value is -3.46. The van der Waals surface area contributed by atoms with E-state index in [1.807, 2.05) is 91.0 Å². The zero-order valence-corrected chi connectivity index (χ0v) is 14.7. The van der Waals surface area contributed by atoms with Crippen molar-refractivity contribution in [3.05, 3.63) is 113 Å². The first-order chi connectivity index (χ1) is 13.2. The van der Waals surface area contributed by atoms with E-state index in [1.54, 1.807) is 0 Å². The molecule has 3 aromatic rings. The van der Waals surface area contributed by atoms with Crippen LogP contribution in [0.1, 0.15) is 22.8 Å². The quantitative estimate of drug-likeness (QED) is 0.499. The first kappa shape index (κ1) is 17.0. The van der Waals surface area contributed by atoms with Gasteiger partial charge >= 0.3 is 5.97 Å². The fourth-order valence-corrected chi connectivity index (χ4v) is 3.38. The van der Waals surface area contributed by atoms with Crippen molar-refractivity contribution in [2.75, 3.05) is 0 Å². The van der Waals surface area contributed by atoms with E-state index in [-0.39, 0.29) is 17.8 Å². The van der Waals surface area contributed by atoms with Gasteiger partial charge in [0.1, 0.15) is 5.57 Å². The van der Waals surface area contributed by atoms with E-state index in [0.717, 1.165) is 16.7 Å². The Morgan fingerprint density at radius 3 is 1.96 bits per heavy atom. The van der Waals surface area contributed by atoms with Crippen LogP contribution in [0.2, 0.25) is 0 Å². The minimum atomic E-state index is -0.573. The molecule has 0 radical (unpaired) electrons. The van der Waals surface area contributed by atoms with Gasteiger partial charge in [0.2, 0.25) is 0 Å². The summed E-state index contributed by atoms with van der Waals surface area (Å²) in [6.07, 6.45) is -0.404. The minimum absolute atomic E-state index is 0.152. The molecule has 0 bridgehead atoms. The number of ketones is 1. The molecular formula is C24H18O3. The van der Waals surface area contributed by atoms with Gasteiger partial charge in [0.15, 0.2) is 11.9 Å². The highest BCUT2D eigenvalue weighted by Gasteiger charge is 2.39. The highest BCUT2D eigenvalue weighted by atomic mass is 16.5. The smallest absolute Gasteiger partial charge is 0.343 e. The normalized spacial score (nSPS) is 16.3. The summed E-state index contributed by atoms with van der Waals surface area (Å²) in [5, 5.41) is 0. The Bertz CT molecular complexity index is 990. The van der Waals surface area contributed by atoms with Crippen molar-refractivity contribution in [2.45, 2.75) is 12.5 Å². The van der Waals surface area contributed by atoms with Crippen molar-refractivity contribution in [2.24, 2.45) is 0 Å². The monoisotopic (exact) mass is 354 g/mol. The summed E-state index contributed by atoms with van der Waals surface area (Å²) < 4.78 is 5.65. The molecule has 3 nitrogen and oxygen atoms in total. The number of carbonyl (C=O) groups is 2. The van der Waals surface area contributed by atoms with Gasteiger partial charge in [-0.15, -0.1) is 0 Å². The van der Waals surface area contributed by atoms with E-state index in [4.69, 9.17) is 4.74 Å². The molecule has 132 valence electrons. The van der Waals surface area contributed by atoms with Crippen LogP contribution in [-0.2, 0) is 20.7 Å². The van der Waals surface area contributed by atoms with Crippen molar-refractivity contribution in [1.82, 2.24) is 0 Å². The van der Waals surface area contributed by atoms with Crippen LogP contribution in [0, 0.1) is 0 Å². The van der Waals surface area contributed by atoms with Gasteiger partial charge < -0.3 is 4.74 Å². The lowest BCUT2D eigenvalue weighted by atomic mass is 9.90. The van der Waals surface area contributed by atoms with Crippen molar-refractivity contribution >= 4 is 17.3 Å². The topological polar surface area (TPSA) is 43.4 Å². The second-order valence-electron chi connectivity index (χ2n) is 6.44. The van der Waals surface area contributed by atoms with E-state index < -0.39 is 12.1 Å². The highest BCUT2D eigenvalue weighted by Crippen LogP contribution is 2.42. The van der Waals surface area contributed by atoms with Crippen LogP contribution in [-0.4, -0.2) is 11.8 Å². The Morgan fingerprint density at radius 2 is 1.33 bits per heavy atom. The van der Waals surface area contributed by atoms with E-state index in [0.29, 0.717) is 5.57 Å². The lowest BCUT2D eigenvalue weighted by Gasteiger charge is -2.15. The Kier molecular flexibility index (Phi) is 4.67. The Balaban J connectivity index is 1.80. The Labute approximate surface area is 157 Å². The summed E-state index contributed by atoms with van der Waals surface area (Å²) in [6, 6.07) is 28.5. The summed E-state index contributed by atoms with van der Waals surface area (Å²) in [7, 11) is 0. The maximum atomic E-state index is 13.0. The van der Waals surface area contributed by atoms with Gasteiger partial charge in [0, 0.05) is 12.0 Å². The second-order valence-corrected chi connectivity index (χ2v) is 6.44. The molecule has 0 saturated heterocycles. The molecule has 0 amide bonds. The third-order valence-electron chi connectivity index (χ3n) is 4.63. The predicted octanol–water partition coefficient (Wildman–Crippen LogP) is 4.55. The molecule has 0 aliphatic carbocycles. The number of ether oxygens (including phenoxy) is 1. The number of benzene rings is 3. The van der Waals surface area contributed by atoms with Gasteiger partial charge in [0.05, 0.1) is 0 Å². The molecule has 27 heavy (non-hydrogen) atoms. The van der Waals surface area contributed by atoms with Crippen molar-refractivity contribution in [3.63, 3.8) is 0 Å². The van der Waals surface area contributed by atoms with Crippen molar-refractivity contribution < 1.29 is 14.3 Å². The third-order valence-corrected chi connectivity index (χ3v) is 4.63. The van der Waals surface area contributed by atoms with Crippen LogP contribution in [0.3, 0.4) is 0 Å². The van der Waals surface area contributed by atoms with Crippen molar-refractivity contribution in [1.29, 1.82) is 0 Å². The van der Waals surface area contributed by atoms with Crippen LogP contribution in [0.15, 0.2) is 96.6 Å². The molecule has 1 aliphatic heterocycles. The number of esters is 1. The van der Waals surface area contributed by atoms with E-state index in [9.17, 15) is 9.59 Å². The number of rotatable bonds is 5. The molecule has 1 heterocycles. The van der Waals surface area contributed by atoms with Gasteiger partial charge in [-0.2, -0.15) is 0 Å². The van der Waals surface area contributed by atoms with Gasteiger partial charge in [0.25, 0.3) is 0 Å². The molecular weight excluding hydrogens is 336 g/mol. The number of cyclic esters (lactones) is 1. The van der Waals surface area contributed by atoms with Crippen LogP contribution >= 0.6 is 0 Å². The standard InChI is InChI=1S/C24H18O3/c25-20(16-17-10-4-1-5-11-17)22-21(18-12-6-2-7-13-18)23(27-24(22)26)19-14-8-3-9-15-19/h1-15,23H,16H2. The highest BCUT2D eigenvalue weighted by molar-refractivity contribution is 6.25. The molecule has 0 fully saturated rings. The SMILES string of the molecule is O=C(Cc1ccccc1)C1=C(c2ccccc2)C(c2ccccc2)OC1=O. The molecule has 1 unspecified atom stereocenters. The van der Waals surface area contributed by atoms with Crippen LogP contribution < -0.4 is 0 Å². The molecule has 4 rings (SSSR count). The summed E-state index contributed by atoms with van der Waals surface area (Å²) in [6.45, 7) is 0. The molecule has 3 aromatic carbocycles. The first-order valence-corrected chi connectivity index (χ1v) is 8.86. The van der Waals surface area contributed by atoms with E-state index in [2.05, 4.69) is 0 Å². The average molecular weight is 354 g/mol. The molecule has 0 N–H and O–H groups in total. The number of Topliss-reactive ketones (excluding diaryl/α,β-unsaturated/α-hetero) is 1. The number of hydrogen-bond acceptors (Lipinski definition) is 3. The lowest BCUT2D eigenvalue weighted by Crippen LogP contribution is -2.13. The summed E-state index contributed by atoms with van der Waals surface area (Å²) in [5.74, 6) is -0.771. The van der Waals surface area contributed by atoms with Crippen LogP contribution in [0.25, 0.3) is 5.57 Å². The van der Waals surface area contributed by atoms with E-state index in [1.165, 1.54) is 0 Å². The predicted molar refractivity (Wildman–Crippen MR) is 104 cm³/mol. The zero-order chi connectivity index (χ0) is 18.6. The molecule has 1 aliphatic rings. The molecule has 0 saturated carbocycles. The molecule has 1 atom stereocenters. The number of hydrogen-bond donors (Lipinski definition) is 0. The minimum Gasteiger partial charge on any atom is -0.449 e. The maximum Gasteiger partial charge on any atom is 0.343 e.